The van der Waals surface area contributed by atoms with E-state index >= 15 is 0 Å². The molecule has 1 unspecified atom stereocenters. The lowest BCUT2D eigenvalue weighted by Crippen LogP contribution is -2.37. The van der Waals surface area contributed by atoms with Gasteiger partial charge in [0.05, 0.1) is 24.3 Å². The molecule has 0 saturated carbocycles. The van der Waals surface area contributed by atoms with Gasteiger partial charge in [-0.25, -0.2) is 0 Å². The van der Waals surface area contributed by atoms with Crippen LogP contribution in [0, 0.1) is 11.3 Å². The lowest BCUT2D eigenvalue weighted by molar-refractivity contribution is -0.123. The first-order chi connectivity index (χ1) is 14.1. The fourth-order valence-electron chi connectivity index (χ4n) is 3.20. The molecule has 1 N–H and O–H groups in total. The molecule has 0 radical (unpaired) electrons. The van der Waals surface area contributed by atoms with Crippen molar-refractivity contribution >= 4 is 29.3 Å². The molecule has 1 aromatic carbocycles. The van der Waals surface area contributed by atoms with Crippen LogP contribution in [-0.2, 0) is 16.1 Å². The maximum atomic E-state index is 12.6. The van der Waals surface area contributed by atoms with Crippen LogP contribution in [0.1, 0.15) is 29.9 Å². The molecule has 2 saturated heterocycles. The standard InChI is InChI=1S/C21H19N3O4S/c22-11-14-3-5-15(6-4-14)27-13-18-8-7-16(28-18)10-19-20(25)24(21(29)23-19)12-17-2-1-9-26-17/h3-8,10,17H,1-2,9,12-13H2,(H,23,29)/b19-10+. The molecule has 2 aliphatic heterocycles. The summed E-state index contributed by atoms with van der Waals surface area (Å²) >= 11 is 5.29. The lowest BCUT2D eigenvalue weighted by atomic mass is 10.2. The summed E-state index contributed by atoms with van der Waals surface area (Å²) in [7, 11) is 0. The van der Waals surface area contributed by atoms with Gasteiger partial charge in [-0.2, -0.15) is 5.26 Å². The van der Waals surface area contributed by atoms with Crippen LogP contribution in [0.15, 0.2) is 46.5 Å². The molecule has 1 aromatic heterocycles. The van der Waals surface area contributed by atoms with E-state index in [1.807, 2.05) is 0 Å². The summed E-state index contributed by atoms with van der Waals surface area (Å²) in [5.74, 6) is 1.60. The number of benzene rings is 1. The van der Waals surface area contributed by atoms with E-state index in [4.69, 9.17) is 31.4 Å². The van der Waals surface area contributed by atoms with Crippen molar-refractivity contribution in [1.29, 1.82) is 5.26 Å². The number of carbonyl (C=O) groups excluding carboxylic acids is 1. The monoisotopic (exact) mass is 409 g/mol. The van der Waals surface area contributed by atoms with Gasteiger partial charge in [-0.3, -0.25) is 9.69 Å². The fourth-order valence-corrected chi connectivity index (χ4v) is 3.47. The van der Waals surface area contributed by atoms with Crippen molar-refractivity contribution in [2.75, 3.05) is 13.2 Å². The van der Waals surface area contributed by atoms with Crippen molar-refractivity contribution < 1.29 is 18.7 Å². The first kappa shape index (κ1) is 19.2. The van der Waals surface area contributed by atoms with Crippen molar-refractivity contribution in [2.24, 2.45) is 0 Å². The molecule has 7 nitrogen and oxygen atoms in total. The predicted octanol–water partition coefficient (Wildman–Crippen LogP) is 2.97. The first-order valence-electron chi connectivity index (χ1n) is 9.30. The topological polar surface area (TPSA) is 87.7 Å². The van der Waals surface area contributed by atoms with Crippen molar-refractivity contribution in [3.8, 4) is 11.8 Å². The van der Waals surface area contributed by atoms with Crippen LogP contribution in [0.5, 0.6) is 5.75 Å². The van der Waals surface area contributed by atoms with E-state index in [0.717, 1.165) is 19.4 Å². The van der Waals surface area contributed by atoms with Gasteiger partial charge in [-0.1, -0.05) is 0 Å². The molecule has 2 aromatic rings. The highest BCUT2D eigenvalue weighted by Gasteiger charge is 2.33. The Balaban J connectivity index is 1.37. The third kappa shape index (κ3) is 4.47. The SMILES string of the molecule is N#Cc1ccc(OCc2ccc(/C=C3/NC(=S)N(CC4CCCO4)C3=O)o2)cc1. The van der Waals surface area contributed by atoms with Crippen molar-refractivity contribution in [3.05, 3.63) is 59.2 Å². The van der Waals surface area contributed by atoms with Crippen LogP contribution in [0.3, 0.4) is 0 Å². The normalized spacial score (nSPS) is 20.2. The Labute approximate surface area is 173 Å². The van der Waals surface area contributed by atoms with Crippen LogP contribution in [-0.4, -0.2) is 35.2 Å². The molecule has 8 heteroatoms. The largest absolute Gasteiger partial charge is 0.486 e. The van der Waals surface area contributed by atoms with E-state index in [2.05, 4.69) is 11.4 Å². The maximum Gasteiger partial charge on any atom is 0.276 e. The van der Waals surface area contributed by atoms with Crippen LogP contribution in [0.25, 0.3) is 6.08 Å². The number of nitrogens with zero attached hydrogens (tertiary/aromatic N) is 2. The molecular weight excluding hydrogens is 390 g/mol. The summed E-state index contributed by atoms with van der Waals surface area (Å²) in [6.45, 7) is 1.43. The second kappa shape index (κ2) is 8.47. The van der Waals surface area contributed by atoms with Crippen molar-refractivity contribution in [3.63, 3.8) is 0 Å². The quantitative estimate of drug-likeness (QED) is 0.580. The molecule has 29 heavy (non-hydrogen) atoms. The van der Waals surface area contributed by atoms with Crippen LogP contribution in [0.4, 0.5) is 0 Å². The van der Waals surface area contributed by atoms with E-state index in [1.165, 1.54) is 4.90 Å². The minimum atomic E-state index is -0.183. The van der Waals surface area contributed by atoms with Crippen LogP contribution < -0.4 is 10.1 Å². The number of ether oxygens (including phenoxy) is 2. The van der Waals surface area contributed by atoms with Crippen molar-refractivity contribution in [1.82, 2.24) is 10.2 Å². The zero-order valence-corrected chi connectivity index (χ0v) is 16.4. The molecule has 4 rings (SSSR count). The van der Waals surface area contributed by atoms with E-state index < -0.39 is 0 Å². The molecule has 1 atom stereocenters. The Hall–Kier alpha value is -3.15. The van der Waals surface area contributed by atoms with Gasteiger partial charge >= 0.3 is 0 Å². The number of amides is 1. The number of furan rings is 1. The minimum absolute atomic E-state index is 0.0349. The van der Waals surface area contributed by atoms with Crippen LogP contribution in [0.2, 0.25) is 0 Å². The first-order valence-corrected chi connectivity index (χ1v) is 9.71. The Morgan fingerprint density at radius 1 is 1.31 bits per heavy atom. The van der Waals surface area contributed by atoms with Gasteiger partial charge in [0.1, 0.15) is 29.6 Å². The number of nitriles is 1. The van der Waals surface area contributed by atoms with Gasteiger partial charge in [-0.05, 0) is 61.5 Å². The van der Waals surface area contributed by atoms with Gasteiger partial charge in [0.25, 0.3) is 5.91 Å². The van der Waals surface area contributed by atoms with Gasteiger partial charge < -0.3 is 19.2 Å². The number of carbonyl (C=O) groups is 1. The number of thiocarbonyl (C=S) groups is 1. The van der Waals surface area contributed by atoms with Gasteiger partial charge in [-0.15, -0.1) is 0 Å². The predicted molar refractivity (Wildman–Crippen MR) is 109 cm³/mol. The highest BCUT2D eigenvalue weighted by molar-refractivity contribution is 7.80. The summed E-state index contributed by atoms with van der Waals surface area (Å²) in [6, 6.07) is 12.5. The fraction of sp³-hybridized carbons (Fsp3) is 0.286. The summed E-state index contributed by atoms with van der Waals surface area (Å²) in [5.41, 5.74) is 0.950. The second-order valence-electron chi connectivity index (χ2n) is 6.77. The maximum absolute atomic E-state index is 12.6. The molecule has 0 bridgehead atoms. The molecular formula is C21H19N3O4S. The zero-order valence-electron chi connectivity index (χ0n) is 15.6. The second-order valence-corrected chi connectivity index (χ2v) is 7.15. The van der Waals surface area contributed by atoms with Gasteiger partial charge in [0.2, 0.25) is 0 Å². The average Bonchev–Trinajstić information content (AvgIpc) is 3.46. The molecule has 148 valence electrons. The van der Waals surface area contributed by atoms with E-state index in [9.17, 15) is 4.79 Å². The summed E-state index contributed by atoms with van der Waals surface area (Å²) < 4.78 is 17.0. The highest BCUT2D eigenvalue weighted by Crippen LogP contribution is 2.21. The molecule has 0 aliphatic carbocycles. The van der Waals surface area contributed by atoms with Gasteiger partial charge in [0.15, 0.2) is 5.11 Å². The Kier molecular flexibility index (Phi) is 5.60. The molecule has 3 heterocycles. The van der Waals surface area contributed by atoms with Gasteiger partial charge in [0, 0.05) is 12.7 Å². The molecule has 2 aliphatic rings. The lowest BCUT2D eigenvalue weighted by Gasteiger charge is -2.18. The summed E-state index contributed by atoms with van der Waals surface area (Å²) in [6.07, 6.45) is 3.62. The third-order valence-corrected chi connectivity index (χ3v) is 5.03. The zero-order chi connectivity index (χ0) is 20.2. The Morgan fingerprint density at radius 2 is 2.14 bits per heavy atom. The molecule has 0 spiro atoms. The number of nitrogens with one attached hydrogen (secondary N) is 1. The van der Waals surface area contributed by atoms with E-state index in [0.29, 0.717) is 40.2 Å². The Bertz CT molecular complexity index is 984. The third-order valence-electron chi connectivity index (χ3n) is 4.71. The van der Waals surface area contributed by atoms with E-state index in [-0.39, 0.29) is 18.6 Å². The van der Waals surface area contributed by atoms with E-state index in [1.54, 1.807) is 42.5 Å². The summed E-state index contributed by atoms with van der Waals surface area (Å²) in [5, 5.41) is 12.2. The highest BCUT2D eigenvalue weighted by atomic mass is 32.1. The number of rotatable bonds is 6. The van der Waals surface area contributed by atoms with Crippen molar-refractivity contribution in [2.45, 2.75) is 25.6 Å². The van der Waals surface area contributed by atoms with Crippen LogP contribution >= 0.6 is 12.2 Å². The molecule has 2 fully saturated rings. The minimum Gasteiger partial charge on any atom is -0.486 e. The number of hydrogen-bond acceptors (Lipinski definition) is 6. The smallest absolute Gasteiger partial charge is 0.276 e. The molecule has 1 amide bonds. The average molecular weight is 409 g/mol. The number of hydrogen-bond donors (Lipinski definition) is 1. The Morgan fingerprint density at radius 3 is 2.86 bits per heavy atom. The summed E-state index contributed by atoms with van der Waals surface area (Å²) in [4.78, 5) is 14.2.